The highest BCUT2D eigenvalue weighted by Crippen LogP contribution is 2.23. The van der Waals surface area contributed by atoms with Gasteiger partial charge >= 0.3 is 5.97 Å². The monoisotopic (exact) mass is 218 g/mol. The van der Waals surface area contributed by atoms with Crippen molar-refractivity contribution in [3.8, 4) is 0 Å². The summed E-state index contributed by atoms with van der Waals surface area (Å²) in [7, 11) is 0. The van der Waals surface area contributed by atoms with Crippen LogP contribution in [0.2, 0.25) is 0 Å². The topological polar surface area (TPSA) is 93.3 Å². The Balaban J connectivity index is 2.73. The first kappa shape index (κ1) is 10.0. The lowest BCUT2D eigenvalue weighted by molar-refractivity contribution is -0.383. The molecule has 1 aromatic heterocycles. The third kappa shape index (κ3) is 1.56. The number of pyridine rings is 1. The van der Waals surface area contributed by atoms with Crippen LogP contribution in [0.5, 0.6) is 0 Å². The number of carboxylic acids is 1. The van der Waals surface area contributed by atoms with E-state index in [1.54, 1.807) is 6.07 Å². The van der Waals surface area contributed by atoms with Crippen LogP contribution in [0.4, 0.5) is 5.69 Å². The molecule has 0 radical (unpaired) electrons. The van der Waals surface area contributed by atoms with Crippen molar-refractivity contribution < 1.29 is 14.8 Å². The van der Waals surface area contributed by atoms with Gasteiger partial charge in [0.1, 0.15) is 5.52 Å². The summed E-state index contributed by atoms with van der Waals surface area (Å²) in [4.78, 5) is 24.6. The van der Waals surface area contributed by atoms with Crippen LogP contribution < -0.4 is 0 Å². The molecule has 6 heteroatoms. The standard InChI is InChI=1S/C10H6N2O4/c13-10(14)7-4-6-2-1-3-8(12(15)16)9(6)11-5-7/h1-5H,(H,13,14). The van der Waals surface area contributed by atoms with E-state index in [0.29, 0.717) is 5.39 Å². The second-order valence-corrected chi connectivity index (χ2v) is 3.14. The molecule has 0 aliphatic carbocycles. The number of nitro benzene ring substituents is 1. The number of fused-ring (bicyclic) bond motifs is 1. The van der Waals surface area contributed by atoms with Gasteiger partial charge in [-0.1, -0.05) is 12.1 Å². The summed E-state index contributed by atoms with van der Waals surface area (Å²) >= 11 is 0. The third-order valence-corrected chi connectivity index (χ3v) is 2.13. The Bertz CT molecular complexity index is 594. The maximum Gasteiger partial charge on any atom is 0.337 e. The molecular formula is C10H6N2O4. The lowest BCUT2D eigenvalue weighted by atomic mass is 10.1. The van der Waals surface area contributed by atoms with Crippen molar-refractivity contribution in [3.63, 3.8) is 0 Å². The maximum absolute atomic E-state index is 10.7. The smallest absolute Gasteiger partial charge is 0.337 e. The van der Waals surface area contributed by atoms with Crippen LogP contribution in [0.15, 0.2) is 30.5 Å². The zero-order valence-corrected chi connectivity index (χ0v) is 7.95. The van der Waals surface area contributed by atoms with E-state index in [2.05, 4.69) is 4.98 Å². The number of nitro groups is 1. The molecule has 0 saturated heterocycles. The van der Waals surface area contributed by atoms with Crippen molar-refractivity contribution in [2.45, 2.75) is 0 Å². The molecule has 0 amide bonds. The van der Waals surface area contributed by atoms with Gasteiger partial charge in [-0.3, -0.25) is 10.1 Å². The van der Waals surface area contributed by atoms with Crippen LogP contribution >= 0.6 is 0 Å². The van der Waals surface area contributed by atoms with Gasteiger partial charge in [0.05, 0.1) is 10.5 Å². The first-order valence-electron chi connectivity index (χ1n) is 4.36. The van der Waals surface area contributed by atoms with E-state index < -0.39 is 10.9 Å². The molecule has 16 heavy (non-hydrogen) atoms. The van der Waals surface area contributed by atoms with Gasteiger partial charge < -0.3 is 5.11 Å². The molecule has 0 aliphatic rings. The Labute approximate surface area is 89.3 Å². The summed E-state index contributed by atoms with van der Waals surface area (Å²) in [5.41, 5.74) is 0.0694. The van der Waals surface area contributed by atoms with Crippen LogP contribution in [0.3, 0.4) is 0 Å². The average Bonchev–Trinajstić information content (AvgIpc) is 2.27. The van der Waals surface area contributed by atoms with Crippen LogP contribution in [-0.2, 0) is 0 Å². The predicted octanol–water partition coefficient (Wildman–Crippen LogP) is 1.84. The molecule has 2 aromatic rings. The quantitative estimate of drug-likeness (QED) is 0.613. The van der Waals surface area contributed by atoms with Gasteiger partial charge in [0.25, 0.3) is 5.69 Å². The fraction of sp³-hybridized carbons (Fsp3) is 0. The van der Waals surface area contributed by atoms with Gasteiger partial charge in [-0.25, -0.2) is 9.78 Å². The van der Waals surface area contributed by atoms with Gasteiger partial charge in [-0.2, -0.15) is 0 Å². The Morgan fingerprint density at radius 3 is 2.81 bits per heavy atom. The molecule has 0 atom stereocenters. The summed E-state index contributed by atoms with van der Waals surface area (Å²) in [6, 6.07) is 5.77. The van der Waals surface area contributed by atoms with Crippen molar-refractivity contribution in [1.82, 2.24) is 4.98 Å². The van der Waals surface area contributed by atoms with E-state index in [0.717, 1.165) is 6.20 Å². The zero-order chi connectivity index (χ0) is 11.7. The van der Waals surface area contributed by atoms with Crippen molar-refractivity contribution in [2.75, 3.05) is 0 Å². The molecule has 0 unspecified atom stereocenters. The molecule has 0 spiro atoms. The normalized spacial score (nSPS) is 10.2. The van der Waals surface area contributed by atoms with E-state index in [4.69, 9.17) is 5.11 Å². The van der Waals surface area contributed by atoms with Crippen molar-refractivity contribution in [3.05, 3.63) is 46.1 Å². The highest BCUT2D eigenvalue weighted by molar-refractivity contribution is 5.94. The highest BCUT2D eigenvalue weighted by atomic mass is 16.6. The number of benzene rings is 1. The van der Waals surface area contributed by atoms with Crippen molar-refractivity contribution in [1.29, 1.82) is 0 Å². The minimum atomic E-state index is -1.11. The number of hydrogen-bond acceptors (Lipinski definition) is 4. The fourth-order valence-electron chi connectivity index (χ4n) is 1.41. The molecule has 1 aromatic carbocycles. The predicted molar refractivity (Wildman–Crippen MR) is 55.4 cm³/mol. The zero-order valence-electron chi connectivity index (χ0n) is 7.95. The van der Waals surface area contributed by atoms with E-state index in [9.17, 15) is 14.9 Å². The number of rotatable bonds is 2. The average molecular weight is 218 g/mol. The number of hydrogen-bond donors (Lipinski definition) is 1. The number of aromatic carboxylic acids is 1. The maximum atomic E-state index is 10.7. The first-order chi connectivity index (χ1) is 7.59. The minimum Gasteiger partial charge on any atom is -0.478 e. The van der Waals surface area contributed by atoms with Gasteiger partial charge in [-0.05, 0) is 6.07 Å². The molecular weight excluding hydrogens is 212 g/mol. The molecule has 0 saturated carbocycles. The van der Waals surface area contributed by atoms with Crippen LogP contribution in [0.1, 0.15) is 10.4 Å². The van der Waals surface area contributed by atoms with Crippen molar-refractivity contribution >= 4 is 22.6 Å². The minimum absolute atomic E-state index is 0.00741. The van der Waals surface area contributed by atoms with E-state index in [-0.39, 0.29) is 16.8 Å². The summed E-state index contributed by atoms with van der Waals surface area (Å²) in [6.45, 7) is 0. The van der Waals surface area contributed by atoms with E-state index in [1.807, 2.05) is 0 Å². The second kappa shape index (κ2) is 3.58. The fourth-order valence-corrected chi connectivity index (χ4v) is 1.41. The van der Waals surface area contributed by atoms with Crippen molar-refractivity contribution in [2.24, 2.45) is 0 Å². The van der Waals surface area contributed by atoms with Crippen LogP contribution in [0, 0.1) is 10.1 Å². The first-order valence-corrected chi connectivity index (χ1v) is 4.36. The number of carbonyl (C=O) groups is 1. The number of aromatic nitrogens is 1. The van der Waals surface area contributed by atoms with Gasteiger partial charge in [0.2, 0.25) is 0 Å². The third-order valence-electron chi connectivity index (χ3n) is 2.13. The molecule has 0 bridgehead atoms. The van der Waals surface area contributed by atoms with Gasteiger partial charge in [0.15, 0.2) is 0 Å². The Hall–Kier alpha value is -2.50. The largest absolute Gasteiger partial charge is 0.478 e. The highest BCUT2D eigenvalue weighted by Gasteiger charge is 2.13. The van der Waals surface area contributed by atoms with Gasteiger partial charge in [-0.15, -0.1) is 0 Å². The molecule has 2 rings (SSSR count). The van der Waals surface area contributed by atoms with Crippen LogP contribution in [-0.4, -0.2) is 21.0 Å². The molecule has 0 fully saturated rings. The SMILES string of the molecule is O=C(O)c1cnc2c([N+](=O)[O-])cccc2c1. The lowest BCUT2D eigenvalue weighted by Gasteiger charge is -1.99. The summed E-state index contributed by atoms with van der Waals surface area (Å²) in [5, 5.41) is 19.9. The molecule has 6 nitrogen and oxygen atoms in total. The number of para-hydroxylation sites is 1. The number of carboxylic acid groups (broad SMARTS) is 1. The second-order valence-electron chi connectivity index (χ2n) is 3.14. The summed E-state index contributed by atoms with van der Waals surface area (Å²) in [5.74, 6) is -1.11. The Kier molecular flexibility index (Phi) is 2.24. The number of nitrogens with zero attached hydrogens (tertiary/aromatic N) is 2. The van der Waals surface area contributed by atoms with E-state index >= 15 is 0 Å². The lowest BCUT2D eigenvalue weighted by Crippen LogP contribution is -1.98. The molecule has 0 aliphatic heterocycles. The Morgan fingerprint density at radius 2 is 2.19 bits per heavy atom. The summed E-state index contributed by atoms with van der Waals surface area (Å²) in [6.07, 6.45) is 1.11. The number of non-ortho nitro benzene ring substituents is 1. The van der Waals surface area contributed by atoms with E-state index in [1.165, 1.54) is 18.2 Å². The van der Waals surface area contributed by atoms with Gasteiger partial charge in [0, 0.05) is 17.6 Å². The molecule has 1 N–H and O–H groups in total. The molecule has 80 valence electrons. The summed E-state index contributed by atoms with van der Waals surface area (Å²) < 4.78 is 0. The Morgan fingerprint density at radius 1 is 1.44 bits per heavy atom. The molecule has 1 heterocycles. The van der Waals surface area contributed by atoms with Crippen LogP contribution in [0.25, 0.3) is 10.9 Å².